The normalized spacial score (nSPS) is 14.7. The van der Waals surface area contributed by atoms with Gasteiger partial charge in [-0.15, -0.1) is 0 Å². The second-order valence-corrected chi connectivity index (χ2v) is 7.60. The molecule has 0 atom stereocenters. The topological polar surface area (TPSA) is 104 Å². The molecule has 1 aromatic carbocycles. The molecular weight excluding hydrogens is 331 g/mol. The molecule has 0 radical (unpaired) electrons. The highest BCUT2D eigenvalue weighted by molar-refractivity contribution is 7.52. The fourth-order valence-electron chi connectivity index (χ4n) is 3.17. The molecule has 6 nitrogen and oxygen atoms in total. The van der Waals surface area contributed by atoms with Crippen LogP contribution in [0.2, 0.25) is 0 Å². The first-order valence-electron chi connectivity index (χ1n) is 7.95. The van der Waals surface area contributed by atoms with Gasteiger partial charge in [-0.3, -0.25) is 4.57 Å². The van der Waals surface area contributed by atoms with Crippen LogP contribution >= 0.6 is 7.60 Å². The third kappa shape index (κ3) is 3.72. The Kier molecular flexibility index (Phi) is 5.53. The van der Waals surface area contributed by atoms with Crippen LogP contribution in [-0.4, -0.2) is 27.0 Å². The molecule has 1 aromatic rings. The minimum atomic E-state index is -4.13. The van der Waals surface area contributed by atoms with Crippen molar-refractivity contribution in [1.82, 2.24) is 0 Å². The van der Waals surface area contributed by atoms with Crippen molar-refractivity contribution < 1.29 is 29.0 Å². The van der Waals surface area contributed by atoms with Gasteiger partial charge in [0.25, 0.3) is 0 Å². The number of carbonyl (C=O) groups excluding carboxylic acids is 1. The third-order valence-electron chi connectivity index (χ3n) is 4.46. The Morgan fingerprint density at radius 1 is 1.29 bits per heavy atom. The van der Waals surface area contributed by atoms with E-state index in [-0.39, 0.29) is 24.1 Å². The van der Waals surface area contributed by atoms with Gasteiger partial charge in [0.05, 0.1) is 6.16 Å². The fourth-order valence-corrected chi connectivity index (χ4v) is 4.05. The predicted octanol–water partition coefficient (Wildman–Crippen LogP) is 2.99. The smallest absolute Gasteiger partial charge is 0.342 e. The summed E-state index contributed by atoms with van der Waals surface area (Å²) in [5.74, 6) is -0.595. The van der Waals surface area contributed by atoms with E-state index in [2.05, 4.69) is 0 Å². The van der Waals surface area contributed by atoms with Gasteiger partial charge >= 0.3 is 13.6 Å². The van der Waals surface area contributed by atoms with Crippen molar-refractivity contribution in [1.29, 1.82) is 0 Å². The lowest BCUT2D eigenvalue weighted by Gasteiger charge is -2.16. The lowest BCUT2D eigenvalue weighted by atomic mass is 9.89. The number of aromatic hydroxyl groups is 1. The summed E-state index contributed by atoms with van der Waals surface area (Å²) in [6, 6.07) is 0. The lowest BCUT2D eigenvalue weighted by Crippen LogP contribution is -2.05. The molecule has 3 N–H and O–H groups in total. The second kappa shape index (κ2) is 7.09. The summed E-state index contributed by atoms with van der Waals surface area (Å²) in [5.41, 5.74) is 4.10. The number of hydrogen-bond donors (Lipinski definition) is 3. The highest BCUT2D eigenvalue weighted by Gasteiger charge is 2.30. The van der Waals surface area contributed by atoms with Gasteiger partial charge in [-0.05, 0) is 37.3 Å². The highest BCUT2D eigenvalue weighted by Crippen LogP contribution is 2.40. The maximum atomic E-state index is 11.9. The van der Waals surface area contributed by atoms with Crippen molar-refractivity contribution >= 4 is 13.6 Å². The average Bonchev–Trinajstić information content (AvgIpc) is 2.89. The Hall–Kier alpha value is -1.62. The number of allylic oxidation sites excluding steroid dienone is 2. The fraction of sp³-hybridized carbons (Fsp3) is 0.471. The molecular formula is C17H23O6P. The largest absolute Gasteiger partial charge is 0.507 e. The second-order valence-electron chi connectivity index (χ2n) is 5.96. The van der Waals surface area contributed by atoms with Crippen LogP contribution in [0.3, 0.4) is 0 Å². The van der Waals surface area contributed by atoms with Gasteiger partial charge in [0.15, 0.2) is 0 Å². The maximum Gasteiger partial charge on any atom is 0.342 e. The van der Waals surface area contributed by atoms with Gasteiger partial charge in [-0.1, -0.05) is 25.5 Å². The van der Waals surface area contributed by atoms with Crippen molar-refractivity contribution in [2.45, 2.75) is 46.6 Å². The molecule has 0 aliphatic carbocycles. The van der Waals surface area contributed by atoms with E-state index in [4.69, 9.17) is 14.5 Å². The summed E-state index contributed by atoms with van der Waals surface area (Å²) < 4.78 is 16.2. The molecule has 0 saturated heterocycles. The number of cyclic esters (lactones) is 1. The summed E-state index contributed by atoms with van der Waals surface area (Å²) in [7, 11) is -4.13. The van der Waals surface area contributed by atoms with E-state index in [0.29, 0.717) is 30.4 Å². The van der Waals surface area contributed by atoms with E-state index in [1.165, 1.54) is 0 Å². The molecule has 7 heteroatoms. The van der Waals surface area contributed by atoms with E-state index >= 15 is 0 Å². The van der Waals surface area contributed by atoms with Crippen LogP contribution in [-0.2, 0) is 28.8 Å². The first kappa shape index (κ1) is 18.7. The molecule has 1 aliphatic heterocycles. The standard InChI is InChI=1S/C17H23O6P/c1-4-11(9-24(20,21)22)6-7-13-12(5-2)10(3)14-8-23-17(19)15(14)16(13)18/h6,18H,4-5,7-9H2,1-3H3,(H2,20,21,22)/b11-6+. The highest BCUT2D eigenvalue weighted by atomic mass is 31.2. The summed E-state index contributed by atoms with van der Waals surface area (Å²) in [4.78, 5) is 30.1. The van der Waals surface area contributed by atoms with Gasteiger partial charge < -0.3 is 19.6 Å². The van der Waals surface area contributed by atoms with Crippen molar-refractivity contribution in [2.24, 2.45) is 0 Å². The first-order valence-corrected chi connectivity index (χ1v) is 9.75. The number of phenolic OH excluding ortho intramolecular Hbond substituents is 1. The Morgan fingerprint density at radius 2 is 1.96 bits per heavy atom. The van der Waals surface area contributed by atoms with Gasteiger partial charge in [-0.25, -0.2) is 4.79 Å². The Bertz CT molecular complexity index is 744. The molecule has 132 valence electrons. The molecule has 0 fully saturated rings. The Labute approximate surface area is 141 Å². The van der Waals surface area contributed by atoms with Crippen molar-refractivity contribution in [3.05, 3.63) is 39.5 Å². The van der Waals surface area contributed by atoms with Crippen LogP contribution < -0.4 is 0 Å². The molecule has 1 heterocycles. The molecule has 0 bridgehead atoms. The monoisotopic (exact) mass is 354 g/mol. The number of hydrogen-bond acceptors (Lipinski definition) is 4. The van der Waals surface area contributed by atoms with E-state index in [1.54, 1.807) is 6.08 Å². The zero-order chi connectivity index (χ0) is 18.1. The van der Waals surface area contributed by atoms with Crippen LogP contribution in [0.5, 0.6) is 5.75 Å². The van der Waals surface area contributed by atoms with Gasteiger partial charge in [0, 0.05) is 11.1 Å². The lowest BCUT2D eigenvalue weighted by molar-refractivity contribution is 0.0533. The molecule has 0 spiro atoms. The van der Waals surface area contributed by atoms with Crippen LogP contribution in [0.4, 0.5) is 0 Å². The quantitative estimate of drug-likeness (QED) is 0.412. The molecule has 0 saturated carbocycles. The number of carbonyl (C=O) groups is 1. The van der Waals surface area contributed by atoms with E-state index < -0.39 is 13.6 Å². The summed E-state index contributed by atoms with van der Waals surface area (Å²) in [5, 5.41) is 10.6. The van der Waals surface area contributed by atoms with Crippen LogP contribution in [0.15, 0.2) is 11.6 Å². The minimum Gasteiger partial charge on any atom is -0.507 e. The van der Waals surface area contributed by atoms with E-state index in [1.807, 2.05) is 20.8 Å². The summed E-state index contributed by atoms with van der Waals surface area (Å²) >= 11 is 0. The SMILES string of the molecule is CC/C(=C\Cc1c(O)c2c(c(C)c1CC)COC2=O)CP(=O)(O)O. The van der Waals surface area contributed by atoms with Crippen molar-refractivity contribution in [2.75, 3.05) is 6.16 Å². The molecule has 2 rings (SSSR count). The first-order chi connectivity index (χ1) is 11.2. The molecule has 0 aromatic heterocycles. The predicted molar refractivity (Wildman–Crippen MR) is 90.3 cm³/mol. The van der Waals surface area contributed by atoms with Gasteiger partial charge in [0.1, 0.15) is 17.9 Å². The van der Waals surface area contributed by atoms with E-state index in [9.17, 15) is 14.5 Å². The molecule has 0 unspecified atom stereocenters. The molecule has 1 aliphatic rings. The molecule has 0 amide bonds. The zero-order valence-corrected chi connectivity index (χ0v) is 15.0. The number of fused-ring (bicyclic) bond motifs is 1. The third-order valence-corrected chi connectivity index (χ3v) is 5.28. The van der Waals surface area contributed by atoms with Crippen LogP contribution in [0, 0.1) is 6.92 Å². The number of esters is 1. The van der Waals surface area contributed by atoms with E-state index in [0.717, 1.165) is 16.7 Å². The number of rotatable bonds is 6. The zero-order valence-electron chi connectivity index (χ0n) is 14.1. The van der Waals surface area contributed by atoms with Gasteiger partial charge in [-0.2, -0.15) is 0 Å². The number of phenols is 1. The number of ether oxygens (including phenoxy) is 1. The maximum absolute atomic E-state index is 11.9. The van der Waals surface area contributed by atoms with Crippen molar-refractivity contribution in [3.8, 4) is 5.75 Å². The Morgan fingerprint density at radius 3 is 2.50 bits per heavy atom. The minimum absolute atomic E-state index is 0.0715. The van der Waals surface area contributed by atoms with Crippen molar-refractivity contribution in [3.63, 3.8) is 0 Å². The summed E-state index contributed by atoms with van der Waals surface area (Å²) in [6.45, 7) is 5.88. The molecule has 24 heavy (non-hydrogen) atoms. The summed E-state index contributed by atoms with van der Waals surface area (Å²) in [6.07, 6.45) is 2.96. The Balaban J connectivity index is 2.47. The van der Waals surface area contributed by atoms with Gasteiger partial charge in [0.2, 0.25) is 0 Å². The average molecular weight is 354 g/mol. The van der Waals surface area contributed by atoms with Crippen LogP contribution in [0.1, 0.15) is 52.9 Å². The van der Waals surface area contributed by atoms with Crippen LogP contribution in [0.25, 0.3) is 0 Å². The number of benzene rings is 1.